The van der Waals surface area contributed by atoms with E-state index in [-0.39, 0.29) is 17.6 Å². The minimum Gasteiger partial charge on any atom is -0.385 e. The maximum Gasteiger partial charge on any atom is 0.346 e. The molecule has 1 spiro atoms. The van der Waals surface area contributed by atoms with Crippen LogP contribution >= 0.6 is 0 Å². The van der Waals surface area contributed by atoms with E-state index in [4.69, 9.17) is 5.73 Å². The first-order chi connectivity index (χ1) is 6.47. The molecule has 1 heterocycles. The summed E-state index contributed by atoms with van der Waals surface area (Å²) in [5.74, 6) is 1.17. The molecule has 0 bridgehead atoms. The summed E-state index contributed by atoms with van der Waals surface area (Å²) < 4.78 is 0. The van der Waals surface area contributed by atoms with Crippen molar-refractivity contribution in [1.82, 2.24) is 4.90 Å². The predicted octanol–water partition coefficient (Wildman–Crippen LogP) is 1.36. The van der Waals surface area contributed by atoms with Crippen LogP contribution in [0.1, 0.15) is 33.6 Å². The number of hydrogen-bond acceptors (Lipinski definition) is 2. The van der Waals surface area contributed by atoms with Gasteiger partial charge in [-0.1, -0.05) is 6.92 Å². The van der Waals surface area contributed by atoms with E-state index in [0.29, 0.717) is 11.8 Å². The second-order valence-electron chi connectivity index (χ2n) is 4.79. The standard InChI is InChI=1S/C10H17N3O/c1-6(2)13-9(14)12-8(11)10(13)4-7(3)5-10/h6-7H,4-5H2,1-3H3,(H2,11,12,14). The highest BCUT2D eigenvalue weighted by Crippen LogP contribution is 2.46. The van der Waals surface area contributed by atoms with E-state index in [0.717, 1.165) is 12.8 Å². The fraction of sp³-hybridized carbons (Fsp3) is 0.800. The number of aliphatic imine (C=N–C) groups is 1. The van der Waals surface area contributed by atoms with Gasteiger partial charge in [0.2, 0.25) is 0 Å². The van der Waals surface area contributed by atoms with Gasteiger partial charge in [-0.2, -0.15) is 4.99 Å². The normalized spacial score (nSPS) is 36.6. The first kappa shape index (κ1) is 9.49. The first-order valence-corrected chi connectivity index (χ1v) is 5.15. The predicted molar refractivity (Wildman–Crippen MR) is 55.1 cm³/mol. The van der Waals surface area contributed by atoms with Gasteiger partial charge < -0.3 is 10.6 Å². The molecular weight excluding hydrogens is 178 g/mol. The number of nitrogens with two attached hydrogens (primary N) is 1. The van der Waals surface area contributed by atoms with Gasteiger partial charge in [0.1, 0.15) is 11.4 Å². The largest absolute Gasteiger partial charge is 0.385 e. The lowest BCUT2D eigenvalue weighted by molar-refractivity contribution is 0.0569. The molecule has 1 aliphatic heterocycles. The van der Waals surface area contributed by atoms with Crippen LogP contribution in [0.5, 0.6) is 0 Å². The van der Waals surface area contributed by atoms with Crippen LogP contribution in [0.2, 0.25) is 0 Å². The molecule has 2 rings (SSSR count). The molecule has 0 aromatic carbocycles. The number of carbonyl (C=O) groups is 1. The second kappa shape index (κ2) is 2.72. The highest BCUT2D eigenvalue weighted by atomic mass is 16.2. The Morgan fingerprint density at radius 3 is 2.57 bits per heavy atom. The monoisotopic (exact) mass is 195 g/mol. The van der Waals surface area contributed by atoms with Crippen LogP contribution in [-0.4, -0.2) is 28.3 Å². The van der Waals surface area contributed by atoms with E-state index in [1.54, 1.807) is 0 Å². The van der Waals surface area contributed by atoms with Crippen molar-refractivity contribution in [2.24, 2.45) is 16.6 Å². The van der Waals surface area contributed by atoms with Gasteiger partial charge in [-0.05, 0) is 32.6 Å². The third kappa shape index (κ3) is 0.996. The highest BCUT2D eigenvalue weighted by Gasteiger charge is 2.56. The molecule has 0 saturated heterocycles. The Bertz CT molecular complexity index is 302. The minimum atomic E-state index is -0.231. The number of amides is 2. The zero-order valence-corrected chi connectivity index (χ0v) is 8.95. The van der Waals surface area contributed by atoms with Crippen molar-refractivity contribution >= 4 is 11.9 Å². The molecule has 0 unspecified atom stereocenters. The quantitative estimate of drug-likeness (QED) is 0.686. The number of urea groups is 1. The summed E-state index contributed by atoms with van der Waals surface area (Å²) in [7, 11) is 0. The lowest BCUT2D eigenvalue weighted by Gasteiger charge is -2.50. The molecule has 2 amide bonds. The molecule has 1 aliphatic carbocycles. The Morgan fingerprint density at radius 2 is 2.14 bits per heavy atom. The van der Waals surface area contributed by atoms with Gasteiger partial charge in [0.25, 0.3) is 0 Å². The molecule has 1 saturated carbocycles. The van der Waals surface area contributed by atoms with Crippen molar-refractivity contribution in [1.29, 1.82) is 0 Å². The molecule has 0 radical (unpaired) electrons. The third-order valence-corrected chi connectivity index (χ3v) is 3.25. The van der Waals surface area contributed by atoms with E-state index < -0.39 is 0 Å². The average Bonchev–Trinajstić information content (AvgIpc) is 2.22. The Kier molecular flexibility index (Phi) is 1.84. The van der Waals surface area contributed by atoms with E-state index in [1.807, 2.05) is 18.7 Å². The fourth-order valence-electron chi connectivity index (χ4n) is 2.78. The molecule has 2 aliphatic rings. The molecule has 14 heavy (non-hydrogen) atoms. The zero-order valence-electron chi connectivity index (χ0n) is 8.95. The Labute approximate surface area is 84.2 Å². The van der Waals surface area contributed by atoms with Crippen molar-refractivity contribution in [2.75, 3.05) is 0 Å². The van der Waals surface area contributed by atoms with Crippen LogP contribution in [0.3, 0.4) is 0 Å². The number of nitrogens with zero attached hydrogens (tertiary/aromatic N) is 2. The first-order valence-electron chi connectivity index (χ1n) is 5.15. The zero-order chi connectivity index (χ0) is 10.5. The van der Waals surface area contributed by atoms with Crippen LogP contribution < -0.4 is 5.73 Å². The number of carbonyl (C=O) groups excluding carboxylic acids is 1. The lowest BCUT2D eigenvalue weighted by atomic mass is 9.67. The molecular formula is C10H17N3O. The smallest absolute Gasteiger partial charge is 0.346 e. The summed E-state index contributed by atoms with van der Waals surface area (Å²) in [5.41, 5.74) is 5.61. The molecule has 0 atom stereocenters. The van der Waals surface area contributed by atoms with Gasteiger partial charge in [0.15, 0.2) is 0 Å². The summed E-state index contributed by atoms with van der Waals surface area (Å²) in [5, 5.41) is 0. The maximum atomic E-state index is 11.6. The Balaban J connectivity index is 2.30. The van der Waals surface area contributed by atoms with Gasteiger partial charge in [-0.25, -0.2) is 4.79 Å². The molecule has 4 heteroatoms. The number of amidine groups is 1. The van der Waals surface area contributed by atoms with E-state index in [1.165, 1.54) is 0 Å². The van der Waals surface area contributed by atoms with Crippen LogP contribution in [0.4, 0.5) is 4.79 Å². The topological polar surface area (TPSA) is 58.7 Å². The summed E-state index contributed by atoms with van der Waals surface area (Å²) >= 11 is 0. The maximum absolute atomic E-state index is 11.6. The molecule has 4 nitrogen and oxygen atoms in total. The summed E-state index contributed by atoms with van der Waals surface area (Å²) in [6.45, 7) is 6.20. The number of rotatable bonds is 1. The van der Waals surface area contributed by atoms with Gasteiger partial charge in [0, 0.05) is 6.04 Å². The summed E-state index contributed by atoms with van der Waals surface area (Å²) in [6.07, 6.45) is 1.93. The van der Waals surface area contributed by atoms with E-state index in [2.05, 4.69) is 11.9 Å². The molecule has 2 N–H and O–H groups in total. The average molecular weight is 195 g/mol. The van der Waals surface area contributed by atoms with Crippen LogP contribution in [0, 0.1) is 5.92 Å². The molecule has 0 aromatic rings. The minimum absolute atomic E-state index is 0.163. The Hall–Kier alpha value is -1.06. The number of hydrogen-bond donors (Lipinski definition) is 1. The van der Waals surface area contributed by atoms with Crippen molar-refractivity contribution in [3.8, 4) is 0 Å². The summed E-state index contributed by atoms with van der Waals surface area (Å²) in [4.78, 5) is 17.3. The van der Waals surface area contributed by atoms with Crippen LogP contribution in [0.15, 0.2) is 4.99 Å². The van der Waals surface area contributed by atoms with Crippen molar-refractivity contribution in [3.05, 3.63) is 0 Å². The van der Waals surface area contributed by atoms with Gasteiger partial charge in [-0.3, -0.25) is 0 Å². The van der Waals surface area contributed by atoms with Crippen molar-refractivity contribution < 1.29 is 4.79 Å². The Morgan fingerprint density at radius 1 is 1.57 bits per heavy atom. The molecule has 78 valence electrons. The fourth-order valence-corrected chi connectivity index (χ4v) is 2.78. The van der Waals surface area contributed by atoms with Gasteiger partial charge in [0.05, 0.1) is 0 Å². The van der Waals surface area contributed by atoms with E-state index in [9.17, 15) is 4.79 Å². The van der Waals surface area contributed by atoms with Crippen LogP contribution in [-0.2, 0) is 0 Å². The highest BCUT2D eigenvalue weighted by molar-refractivity contribution is 6.06. The van der Waals surface area contributed by atoms with Crippen molar-refractivity contribution in [2.45, 2.75) is 45.2 Å². The molecule has 0 aromatic heterocycles. The van der Waals surface area contributed by atoms with Crippen LogP contribution in [0.25, 0.3) is 0 Å². The second-order valence-corrected chi connectivity index (χ2v) is 4.79. The van der Waals surface area contributed by atoms with Gasteiger partial charge >= 0.3 is 6.03 Å². The van der Waals surface area contributed by atoms with E-state index >= 15 is 0 Å². The van der Waals surface area contributed by atoms with Gasteiger partial charge in [-0.15, -0.1) is 0 Å². The molecule has 1 fully saturated rings. The lowest BCUT2D eigenvalue weighted by Crippen LogP contribution is -2.63. The van der Waals surface area contributed by atoms with Crippen molar-refractivity contribution in [3.63, 3.8) is 0 Å². The third-order valence-electron chi connectivity index (χ3n) is 3.25. The SMILES string of the molecule is CC1CC2(C1)C(N)=NC(=O)N2C(C)C. The summed E-state index contributed by atoms with van der Waals surface area (Å²) in [6, 6.07) is 0.0178.